The third-order valence-electron chi connectivity index (χ3n) is 4.63. The van der Waals surface area contributed by atoms with E-state index in [0.717, 1.165) is 6.42 Å². The monoisotopic (exact) mass is 265 g/mol. The molecule has 1 radical (unpaired) electrons. The van der Waals surface area contributed by atoms with E-state index < -0.39 is 0 Å². The maximum Gasteiger partial charge on any atom is -0.00820 e. The fraction of sp³-hybridized carbons (Fsp3) is 0.0476. The Morgan fingerprint density at radius 2 is 1.48 bits per heavy atom. The normalized spacial score (nSPS) is 13.3. The fourth-order valence-electron chi connectivity index (χ4n) is 3.61. The van der Waals surface area contributed by atoms with E-state index in [-0.39, 0.29) is 0 Å². The van der Waals surface area contributed by atoms with Crippen molar-refractivity contribution in [1.29, 1.82) is 0 Å². The molecular formula is C21H13. The number of rotatable bonds is 0. The summed E-state index contributed by atoms with van der Waals surface area (Å²) in [6, 6.07) is 22.9. The second-order valence-corrected chi connectivity index (χ2v) is 5.71. The third kappa shape index (κ3) is 1.45. The van der Waals surface area contributed by atoms with Gasteiger partial charge in [0.05, 0.1) is 0 Å². The SMILES string of the molecule is [c]1ccc2c(c1)ccc1c3ccc4c(c3ccc21)CC=C4. The molecule has 0 heterocycles. The first-order chi connectivity index (χ1) is 10.4. The lowest BCUT2D eigenvalue weighted by Gasteiger charge is -2.10. The third-order valence-corrected chi connectivity index (χ3v) is 4.63. The van der Waals surface area contributed by atoms with Gasteiger partial charge in [0.25, 0.3) is 0 Å². The molecular weight excluding hydrogens is 252 g/mol. The van der Waals surface area contributed by atoms with Crippen LogP contribution >= 0.6 is 0 Å². The lowest BCUT2D eigenvalue weighted by atomic mass is 9.93. The summed E-state index contributed by atoms with van der Waals surface area (Å²) < 4.78 is 0. The molecule has 1 aliphatic carbocycles. The topological polar surface area (TPSA) is 0 Å². The number of hydrogen-bond donors (Lipinski definition) is 0. The molecule has 4 aromatic carbocycles. The van der Waals surface area contributed by atoms with Gasteiger partial charge in [0.15, 0.2) is 0 Å². The van der Waals surface area contributed by atoms with Crippen molar-refractivity contribution in [2.24, 2.45) is 0 Å². The number of benzene rings is 4. The van der Waals surface area contributed by atoms with Gasteiger partial charge in [0.2, 0.25) is 0 Å². The van der Waals surface area contributed by atoms with E-state index in [1.54, 1.807) is 0 Å². The second kappa shape index (κ2) is 3.95. The molecule has 0 amide bonds. The van der Waals surface area contributed by atoms with Crippen LogP contribution in [-0.4, -0.2) is 0 Å². The highest BCUT2D eigenvalue weighted by atomic mass is 14.2. The van der Waals surface area contributed by atoms with Crippen molar-refractivity contribution in [3.05, 3.63) is 77.9 Å². The highest BCUT2D eigenvalue weighted by Crippen LogP contribution is 2.35. The van der Waals surface area contributed by atoms with E-state index in [1.807, 2.05) is 6.07 Å². The summed E-state index contributed by atoms with van der Waals surface area (Å²) in [6.07, 6.45) is 5.54. The summed E-state index contributed by atoms with van der Waals surface area (Å²) in [5.41, 5.74) is 2.84. The Kier molecular flexibility index (Phi) is 2.09. The smallest absolute Gasteiger partial charge is 0.00820 e. The average molecular weight is 265 g/mol. The van der Waals surface area contributed by atoms with E-state index in [9.17, 15) is 0 Å². The fourth-order valence-corrected chi connectivity index (χ4v) is 3.61. The molecule has 0 aliphatic heterocycles. The molecule has 0 aromatic heterocycles. The zero-order chi connectivity index (χ0) is 13.8. The Balaban J connectivity index is 2.00. The summed E-state index contributed by atoms with van der Waals surface area (Å²) in [4.78, 5) is 0. The lowest BCUT2D eigenvalue weighted by molar-refractivity contribution is 1.35. The average Bonchev–Trinajstić information content (AvgIpc) is 3.03. The molecule has 4 aromatic rings. The van der Waals surface area contributed by atoms with E-state index in [0.29, 0.717) is 0 Å². The predicted octanol–water partition coefficient (Wildman–Crippen LogP) is 5.52. The minimum Gasteiger partial charge on any atom is -0.0795 e. The van der Waals surface area contributed by atoms with Crippen LogP contribution in [-0.2, 0) is 6.42 Å². The van der Waals surface area contributed by atoms with Gasteiger partial charge in [0.1, 0.15) is 0 Å². The number of fused-ring (bicyclic) bond motifs is 7. The Labute approximate surface area is 123 Å². The molecule has 97 valence electrons. The van der Waals surface area contributed by atoms with Crippen molar-refractivity contribution in [3.63, 3.8) is 0 Å². The molecule has 0 N–H and O–H groups in total. The van der Waals surface area contributed by atoms with Crippen LogP contribution in [0.5, 0.6) is 0 Å². The summed E-state index contributed by atoms with van der Waals surface area (Å²) in [7, 11) is 0. The molecule has 0 spiro atoms. The van der Waals surface area contributed by atoms with Crippen LogP contribution in [0.25, 0.3) is 38.4 Å². The minimum absolute atomic E-state index is 1.06. The lowest BCUT2D eigenvalue weighted by Crippen LogP contribution is -1.87. The first-order valence-corrected chi connectivity index (χ1v) is 7.35. The van der Waals surface area contributed by atoms with E-state index >= 15 is 0 Å². The van der Waals surface area contributed by atoms with Gasteiger partial charge in [-0.15, -0.1) is 0 Å². The summed E-state index contributed by atoms with van der Waals surface area (Å²) in [6.45, 7) is 0. The van der Waals surface area contributed by atoms with Gasteiger partial charge in [-0.1, -0.05) is 60.7 Å². The van der Waals surface area contributed by atoms with E-state index in [1.165, 1.54) is 43.4 Å². The maximum absolute atomic E-state index is 3.16. The second-order valence-electron chi connectivity index (χ2n) is 5.71. The molecule has 1 aliphatic rings. The quantitative estimate of drug-likeness (QED) is 0.367. The van der Waals surface area contributed by atoms with Gasteiger partial charge in [0, 0.05) is 0 Å². The highest BCUT2D eigenvalue weighted by Gasteiger charge is 2.11. The van der Waals surface area contributed by atoms with Crippen LogP contribution in [0.1, 0.15) is 11.1 Å². The first-order valence-electron chi connectivity index (χ1n) is 7.35. The summed E-state index contributed by atoms with van der Waals surface area (Å²) in [5, 5.41) is 8.01. The molecule has 21 heavy (non-hydrogen) atoms. The van der Waals surface area contributed by atoms with Crippen molar-refractivity contribution >= 4 is 38.4 Å². The maximum atomic E-state index is 3.16. The minimum atomic E-state index is 1.06. The molecule has 0 unspecified atom stereocenters. The van der Waals surface area contributed by atoms with E-state index in [4.69, 9.17) is 0 Å². The van der Waals surface area contributed by atoms with Crippen LogP contribution in [0.15, 0.2) is 60.7 Å². The van der Waals surface area contributed by atoms with Crippen molar-refractivity contribution in [2.75, 3.05) is 0 Å². The molecule has 0 heteroatoms. The number of hydrogen-bond acceptors (Lipinski definition) is 0. The van der Waals surface area contributed by atoms with Gasteiger partial charge < -0.3 is 0 Å². The van der Waals surface area contributed by atoms with Gasteiger partial charge >= 0.3 is 0 Å². The zero-order valence-electron chi connectivity index (χ0n) is 11.6. The van der Waals surface area contributed by atoms with Gasteiger partial charge in [-0.05, 0) is 62.0 Å². The van der Waals surface area contributed by atoms with Gasteiger partial charge in [-0.2, -0.15) is 0 Å². The van der Waals surface area contributed by atoms with Crippen LogP contribution in [0, 0.1) is 6.07 Å². The number of allylic oxidation sites excluding steroid dienone is 1. The van der Waals surface area contributed by atoms with Crippen molar-refractivity contribution in [1.82, 2.24) is 0 Å². The van der Waals surface area contributed by atoms with Crippen LogP contribution < -0.4 is 0 Å². The highest BCUT2D eigenvalue weighted by molar-refractivity contribution is 6.18. The van der Waals surface area contributed by atoms with Crippen LogP contribution in [0.4, 0.5) is 0 Å². The molecule has 0 saturated heterocycles. The molecule has 0 bridgehead atoms. The van der Waals surface area contributed by atoms with Crippen molar-refractivity contribution in [2.45, 2.75) is 6.42 Å². The molecule has 0 saturated carbocycles. The first kappa shape index (κ1) is 11.1. The van der Waals surface area contributed by atoms with Crippen molar-refractivity contribution < 1.29 is 0 Å². The zero-order valence-corrected chi connectivity index (χ0v) is 11.6. The largest absolute Gasteiger partial charge is 0.0795 e. The summed E-state index contributed by atoms with van der Waals surface area (Å²) in [5.74, 6) is 0. The van der Waals surface area contributed by atoms with Crippen molar-refractivity contribution in [3.8, 4) is 0 Å². The standard InChI is InChI=1S/C21H13/c1-2-6-16-14(4-1)8-10-20-18(16)12-13-19-17-7-3-5-15(17)9-11-21(19)20/h2-6,8-13H,7H2. The predicted molar refractivity (Wildman–Crippen MR) is 90.5 cm³/mol. The Hall–Kier alpha value is -2.60. The molecule has 0 fully saturated rings. The van der Waals surface area contributed by atoms with Crippen LogP contribution in [0.2, 0.25) is 0 Å². The Bertz CT molecular complexity index is 1050. The van der Waals surface area contributed by atoms with Gasteiger partial charge in [-0.25, -0.2) is 0 Å². The van der Waals surface area contributed by atoms with E-state index in [2.05, 4.69) is 66.7 Å². The molecule has 5 rings (SSSR count). The summed E-state index contributed by atoms with van der Waals surface area (Å²) >= 11 is 0. The Morgan fingerprint density at radius 1 is 0.714 bits per heavy atom. The van der Waals surface area contributed by atoms with Gasteiger partial charge in [-0.3, -0.25) is 0 Å². The Morgan fingerprint density at radius 3 is 2.48 bits per heavy atom. The molecule has 0 atom stereocenters. The molecule has 0 nitrogen and oxygen atoms in total. The van der Waals surface area contributed by atoms with Crippen LogP contribution in [0.3, 0.4) is 0 Å².